The van der Waals surface area contributed by atoms with E-state index < -0.39 is 5.97 Å². The van der Waals surface area contributed by atoms with Gasteiger partial charge in [0.1, 0.15) is 0 Å². The Hall–Kier alpha value is -1.26. The number of hydrogen-bond acceptors (Lipinski definition) is 2. The van der Waals surface area contributed by atoms with Crippen LogP contribution in [-0.4, -0.2) is 28.7 Å². The first kappa shape index (κ1) is 14.8. The third-order valence-electron chi connectivity index (χ3n) is 3.88. The molecule has 1 aliphatic rings. The highest BCUT2D eigenvalue weighted by Gasteiger charge is 2.34. The summed E-state index contributed by atoms with van der Waals surface area (Å²) >= 11 is 0. The average molecular weight is 256 g/mol. The van der Waals surface area contributed by atoms with Crippen molar-refractivity contribution < 1.29 is 14.7 Å². The second-order valence-corrected chi connectivity index (χ2v) is 5.41. The number of rotatable bonds is 7. The molecule has 5 heteroatoms. The highest BCUT2D eigenvalue weighted by molar-refractivity contribution is 5.76. The zero-order valence-electron chi connectivity index (χ0n) is 11.5. The normalized spacial score (nSPS) is 17.1. The molecule has 3 N–H and O–H groups in total. The molecule has 0 aromatic heterocycles. The molecule has 0 aliphatic heterocycles. The molecule has 0 aromatic rings. The van der Waals surface area contributed by atoms with Crippen LogP contribution < -0.4 is 10.6 Å². The molecular weight excluding hydrogens is 232 g/mol. The molecule has 18 heavy (non-hydrogen) atoms. The predicted octanol–water partition coefficient (Wildman–Crippen LogP) is 2.12. The number of carbonyl (C=O) groups excluding carboxylic acids is 1. The summed E-state index contributed by atoms with van der Waals surface area (Å²) in [6.45, 7) is 6.05. The second-order valence-electron chi connectivity index (χ2n) is 5.41. The fraction of sp³-hybridized carbons (Fsp3) is 0.846. The fourth-order valence-corrected chi connectivity index (χ4v) is 1.93. The van der Waals surface area contributed by atoms with Crippen LogP contribution in [0.1, 0.15) is 52.9 Å². The molecule has 0 saturated heterocycles. The van der Waals surface area contributed by atoms with Gasteiger partial charge in [-0.1, -0.05) is 13.8 Å². The zero-order chi connectivity index (χ0) is 13.8. The number of amides is 2. The van der Waals surface area contributed by atoms with E-state index in [0.717, 1.165) is 25.7 Å². The van der Waals surface area contributed by atoms with Crippen LogP contribution in [0.5, 0.6) is 0 Å². The van der Waals surface area contributed by atoms with Crippen LogP contribution in [0.2, 0.25) is 0 Å². The van der Waals surface area contributed by atoms with Gasteiger partial charge in [0.25, 0.3) is 0 Å². The lowest BCUT2D eigenvalue weighted by molar-refractivity contribution is -0.137. The van der Waals surface area contributed by atoms with Crippen molar-refractivity contribution >= 4 is 12.0 Å². The van der Waals surface area contributed by atoms with Gasteiger partial charge in [0.05, 0.1) is 6.42 Å². The van der Waals surface area contributed by atoms with Gasteiger partial charge in [-0.3, -0.25) is 4.79 Å². The minimum atomic E-state index is -0.860. The van der Waals surface area contributed by atoms with Crippen molar-refractivity contribution in [2.75, 3.05) is 0 Å². The molecule has 1 atom stereocenters. The number of carbonyl (C=O) groups is 2. The van der Waals surface area contributed by atoms with Crippen LogP contribution in [0.15, 0.2) is 0 Å². The molecule has 1 rings (SSSR count). The lowest BCUT2D eigenvalue weighted by atomic mass is 9.96. The third kappa shape index (κ3) is 4.55. The van der Waals surface area contributed by atoms with E-state index in [1.807, 2.05) is 20.8 Å². The van der Waals surface area contributed by atoms with E-state index >= 15 is 0 Å². The second kappa shape index (κ2) is 6.07. The molecule has 0 heterocycles. The molecule has 1 unspecified atom stereocenters. The van der Waals surface area contributed by atoms with E-state index in [2.05, 4.69) is 10.6 Å². The molecule has 0 bridgehead atoms. The fourth-order valence-electron chi connectivity index (χ4n) is 1.93. The van der Waals surface area contributed by atoms with Gasteiger partial charge in [0.15, 0.2) is 0 Å². The Kier molecular flexibility index (Phi) is 4.99. The topological polar surface area (TPSA) is 78.4 Å². The summed E-state index contributed by atoms with van der Waals surface area (Å²) in [7, 11) is 0. The lowest BCUT2D eigenvalue weighted by Crippen LogP contribution is -2.52. The molecule has 1 aliphatic carbocycles. The van der Waals surface area contributed by atoms with Crippen LogP contribution in [0.3, 0.4) is 0 Å². The van der Waals surface area contributed by atoms with Gasteiger partial charge in [-0.05, 0) is 38.5 Å². The van der Waals surface area contributed by atoms with Gasteiger partial charge < -0.3 is 15.7 Å². The maximum Gasteiger partial charge on any atom is 0.315 e. The first-order chi connectivity index (χ1) is 8.40. The molecule has 5 nitrogen and oxygen atoms in total. The van der Waals surface area contributed by atoms with E-state index in [1.54, 1.807) is 0 Å². The van der Waals surface area contributed by atoms with E-state index in [4.69, 9.17) is 5.11 Å². The van der Waals surface area contributed by atoms with Crippen LogP contribution in [0, 0.1) is 5.92 Å². The molecule has 0 aromatic carbocycles. The highest BCUT2D eigenvalue weighted by Crippen LogP contribution is 2.34. The van der Waals surface area contributed by atoms with Crippen LogP contribution in [0.4, 0.5) is 4.79 Å². The number of aliphatic carboxylic acids is 1. The SMILES string of the molecule is CCC(C)(CC)NC(=O)NC(CC(=O)O)C1CC1. The van der Waals surface area contributed by atoms with Gasteiger partial charge >= 0.3 is 12.0 Å². The molecule has 1 fully saturated rings. The molecule has 2 amide bonds. The minimum Gasteiger partial charge on any atom is -0.481 e. The Bertz CT molecular complexity index is 309. The van der Waals surface area contributed by atoms with Gasteiger partial charge in [0.2, 0.25) is 0 Å². The monoisotopic (exact) mass is 256 g/mol. The summed E-state index contributed by atoms with van der Waals surface area (Å²) in [5.74, 6) is -0.526. The Morgan fingerprint density at radius 2 is 1.89 bits per heavy atom. The number of urea groups is 1. The van der Waals surface area contributed by atoms with E-state index in [0.29, 0.717) is 5.92 Å². The number of hydrogen-bond donors (Lipinski definition) is 3. The summed E-state index contributed by atoms with van der Waals surface area (Å²) in [6, 6.07) is -0.486. The van der Waals surface area contributed by atoms with E-state index in [1.165, 1.54) is 0 Å². The number of nitrogens with one attached hydrogen (secondary N) is 2. The van der Waals surface area contributed by atoms with E-state index in [9.17, 15) is 9.59 Å². The Balaban J connectivity index is 2.48. The molecular formula is C13H24N2O3. The first-order valence-corrected chi connectivity index (χ1v) is 6.70. The van der Waals surface area contributed by atoms with Gasteiger partial charge in [-0.15, -0.1) is 0 Å². The average Bonchev–Trinajstić information content (AvgIpc) is 3.11. The van der Waals surface area contributed by atoms with Crippen LogP contribution in [-0.2, 0) is 4.79 Å². The van der Waals surface area contributed by atoms with Crippen molar-refractivity contribution in [3.05, 3.63) is 0 Å². The standard InChI is InChI=1S/C13H24N2O3/c1-4-13(3,5-2)15-12(18)14-10(8-11(16)17)9-6-7-9/h9-10H,4-8H2,1-3H3,(H,16,17)(H2,14,15,18). The Morgan fingerprint density at radius 3 is 2.28 bits per heavy atom. The number of carboxylic acid groups (broad SMARTS) is 1. The maximum atomic E-state index is 11.9. The largest absolute Gasteiger partial charge is 0.481 e. The maximum absolute atomic E-state index is 11.9. The first-order valence-electron chi connectivity index (χ1n) is 6.70. The highest BCUT2D eigenvalue weighted by atomic mass is 16.4. The van der Waals surface area contributed by atoms with Crippen molar-refractivity contribution in [1.82, 2.24) is 10.6 Å². The van der Waals surface area contributed by atoms with Crippen molar-refractivity contribution in [3.8, 4) is 0 Å². The smallest absolute Gasteiger partial charge is 0.315 e. The number of carboxylic acids is 1. The van der Waals surface area contributed by atoms with Gasteiger partial charge in [-0.2, -0.15) is 0 Å². The van der Waals surface area contributed by atoms with Crippen molar-refractivity contribution in [1.29, 1.82) is 0 Å². The summed E-state index contributed by atoms with van der Waals surface area (Å²) < 4.78 is 0. The Labute approximate surface area is 108 Å². The zero-order valence-corrected chi connectivity index (χ0v) is 11.5. The van der Waals surface area contributed by atoms with Crippen molar-refractivity contribution in [2.24, 2.45) is 5.92 Å². The predicted molar refractivity (Wildman–Crippen MR) is 69.4 cm³/mol. The summed E-state index contributed by atoms with van der Waals surface area (Å²) in [6.07, 6.45) is 3.73. The molecule has 0 spiro atoms. The van der Waals surface area contributed by atoms with Gasteiger partial charge in [-0.25, -0.2) is 4.79 Å². The minimum absolute atomic E-state index is 0.00699. The third-order valence-corrected chi connectivity index (χ3v) is 3.88. The molecule has 0 radical (unpaired) electrons. The van der Waals surface area contributed by atoms with Gasteiger partial charge in [0, 0.05) is 11.6 Å². The molecule has 104 valence electrons. The summed E-state index contributed by atoms with van der Waals surface area (Å²) in [5, 5.41) is 14.6. The molecule has 1 saturated carbocycles. The van der Waals surface area contributed by atoms with Crippen molar-refractivity contribution in [2.45, 2.75) is 64.5 Å². The van der Waals surface area contributed by atoms with E-state index in [-0.39, 0.29) is 24.0 Å². The lowest BCUT2D eigenvalue weighted by Gasteiger charge is -2.29. The summed E-state index contributed by atoms with van der Waals surface area (Å²) in [4.78, 5) is 22.6. The van der Waals surface area contributed by atoms with Crippen molar-refractivity contribution in [3.63, 3.8) is 0 Å². The Morgan fingerprint density at radius 1 is 1.33 bits per heavy atom. The van der Waals surface area contributed by atoms with Crippen LogP contribution >= 0.6 is 0 Å². The summed E-state index contributed by atoms with van der Waals surface area (Å²) in [5.41, 5.74) is -0.221. The van der Waals surface area contributed by atoms with Crippen LogP contribution in [0.25, 0.3) is 0 Å². The quantitative estimate of drug-likeness (QED) is 0.653.